The lowest BCUT2D eigenvalue weighted by Gasteiger charge is -2.27. The fourth-order valence-corrected chi connectivity index (χ4v) is 4.42. The van der Waals surface area contributed by atoms with E-state index in [2.05, 4.69) is 25.2 Å². The Morgan fingerprint density at radius 3 is 2.81 bits per heavy atom. The van der Waals surface area contributed by atoms with Crippen LogP contribution < -0.4 is 5.32 Å². The third kappa shape index (κ3) is 6.03. The van der Waals surface area contributed by atoms with Gasteiger partial charge in [-0.15, -0.1) is 23.7 Å². The van der Waals surface area contributed by atoms with E-state index >= 15 is 0 Å². The molecule has 1 saturated heterocycles. The van der Waals surface area contributed by atoms with Crippen LogP contribution in [0.15, 0.2) is 36.4 Å². The number of amides is 1. The van der Waals surface area contributed by atoms with Gasteiger partial charge in [-0.25, -0.2) is 4.39 Å². The SMILES string of the molecule is CC(C)N(Cc1ccc(-c2cccc(F)c2)s1)C(=O)CCC1CCNC1.Cl. The Morgan fingerprint density at radius 2 is 2.15 bits per heavy atom. The van der Waals surface area contributed by atoms with Gasteiger partial charge < -0.3 is 10.2 Å². The molecule has 6 heteroatoms. The first-order chi connectivity index (χ1) is 12.5. The summed E-state index contributed by atoms with van der Waals surface area (Å²) >= 11 is 1.63. The second-order valence-corrected chi connectivity index (χ2v) is 8.46. The minimum atomic E-state index is -0.224. The molecule has 2 heterocycles. The highest BCUT2D eigenvalue weighted by Gasteiger charge is 2.21. The van der Waals surface area contributed by atoms with Crippen LogP contribution in [0.5, 0.6) is 0 Å². The number of rotatable bonds is 7. The van der Waals surface area contributed by atoms with Crippen molar-refractivity contribution in [1.29, 1.82) is 0 Å². The van der Waals surface area contributed by atoms with Crippen LogP contribution in [0.3, 0.4) is 0 Å². The predicted molar refractivity (Wildman–Crippen MR) is 113 cm³/mol. The quantitative estimate of drug-likeness (QED) is 0.688. The highest BCUT2D eigenvalue weighted by atomic mass is 35.5. The van der Waals surface area contributed by atoms with Gasteiger partial charge in [0, 0.05) is 22.2 Å². The molecule has 2 aromatic rings. The molecule has 1 unspecified atom stereocenters. The summed E-state index contributed by atoms with van der Waals surface area (Å²) in [7, 11) is 0. The number of halogens is 2. The predicted octanol–water partition coefficient (Wildman–Crippen LogP) is 5.10. The summed E-state index contributed by atoms with van der Waals surface area (Å²) in [5.41, 5.74) is 0.886. The largest absolute Gasteiger partial charge is 0.335 e. The molecule has 0 bridgehead atoms. The Bertz CT molecular complexity index is 743. The molecule has 27 heavy (non-hydrogen) atoms. The third-order valence-electron chi connectivity index (χ3n) is 4.97. The maximum absolute atomic E-state index is 13.4. The molecule has 1 N–H and O–H groups in total. The second kappa shape index (κ2) is 10.2. The van der Waals surface area contributed by atoms with E-state index in [1.807, 2.05) is 17.0 Å². The molecule has 1 aliphatic heterocycles. The topological polar surface area (TPSA) is 32.3 Å². The minimum absolute atomic E-state index is 0. The zero-order valence-corrected chi connectivity index (χ0v) is 17.5. The smallest absolute Gasteiger partial charge is 0.223 e. The molecule has 1 atom stereocenters. The summed E-state index contributed by atoms with van der Waals surface area (Å²) < 4.78 is 13.4. The molecular formula is C21H28ClFN2OS. The maximum Gasteiger partial charge on any atom is 0.223 e. The molecule has 3 rings (SSSR count). The lowest BCUT2D eigenvalue weighted by Crippen LogP contribution is -2.36. The lowest BCUT2D eigenvalue weighted by molar-refractivity contribution is -0.133. The molecule has 1 amide bonds. The summed E-state index contributed by atoms with van der Waals surface area (Å²) in [5, 5.41) is 3.36. The van der Waals surface area contributed by atoms with E-state index in [1.54, 1.807) is 23.5 Å². The van der Waals surface area contributed by atoms with Gasteiger partial charge in [-0.05, 0) is 75.5 Å². The van der Waals surface area contributed by atoms with E-state index in [9.17, 15) is 9.18 Å². The Labute approximate surface area is 171 Å². The van der Waals surface area contributed by atoms with Crippen molar-refractivity contribution in [3.8, 4) is 10.4 Å². The van der Waals surface area contributed by atoms with Gasteiger partial charge in [-0.2, -0.15) is 0 Å². The maximum atomic E-state index is 13.4. The number of benzene rings is 1. The Hall–Kier alpha value is -1.43. The van der Waals surface area contributed by atoms with Crippen molar-refractivity contribution in [2.45, 2.75) is 45.7 Å². The Balaban J connectivity index is 0.00000261. The molecule has 0 aliphatic carbocycles. The fourth-order valence-electron chi connectivity index (χ4n) is 3.42. The summed E-state index contributed by atoms with van der Waals surface area (Å²) in [5.74, 6) is 0.639. The first-order valence-corrected chi connectivity index (χ1v) is 10.2. The van der Waals surface area contributed by atoms with Crippen molar-refractivity contribution in [1.82, 2.24) is 10.2 Å². The van der Waals surface area contributed by atoms with Crippen molar-refractivity contribution in [2.24, 2.45) is 5.92 Å². The van der Waals surface area contributed by atoms with Crippen molar-refractivity contribution >= 4 is 29.7 Å². The number of carbonyl (C=O) groups excluding carboxylic acids is 1. The van der Waals surface area contributed by atoms with Crippen LogP contribution in [0.4, 0.5) is 4.39 Å². The summed E-state index contributed by atoms with van der Waals surface area (Å²) in [6.07, 6.45) is 2.76. The van der Waals surface area contributed by atoms with Gasteiger partial charge in [0.2, 0.25) is 5.91 Å². The number of hydrogen-bond acceptors (Lipinski definition) is 3. The fraction of sp³-hybridized carbons (Fsp3) is 0.476. The van der Waals surface area contributed by atoms with Gasteiger partial charge in [0.05, 0.1) is 6.54 Å². The first-order valence-electron chi connectivity index (χ1n) is 9.38. The van der Waals surface area contributed by atoms with Crippen LogP contribution in [0.1, 0.15) is 38.0 Å². The average molecular weight is 411 g/mol. The zero-order chi connectivity index (χ0) is 18.5. The van der Waals surface area contributed by atoms with Gasteiger partial charge in [0.25, 0.3) is 0 Å². The number of hydrogen-bond donors (Lipinski definition) is 1. The number of carbonyl (C=O) groups is 1. The molecule has 3 nitrogen and oxygen atoms in total. The Morgan fingerprint density at radius 1 is 1.33 bits per heavy atom. The minimum Gasteiger partial charge on any atom is -0.335 e. The van der Waals surface area contributed by atoms with Gasteiger partial charge in [0.1, 0.15) is 5.82 Å². The Kier molecular flexibility index (Phi) is 8.27. The van der Waals surface area contributed by atoms with Gasteiger partial charge in [-0.1, -0.05) is 12.1 Å². The summed E-state index contributed by atoms with van der Waals surface area (Å²) in [6, 6.07) is 10.9. The van der Waals surface area contributed by atoms with E-state index in [0.29, 0.717) is 18.9 Å². The monoisotopic (exact) mass is 410 g/mol. The first kappa shape index (κ1) is 21.9. The molecule has 0 saturated carbocycles. The second-order valence-electron chi connectivity index (χ2n) is 7.29. The van der Waals surface area contributed by atoms with Gasteiger partial charge >= 0.3 is 0 Å². The molecule has 1 aromatic heterocycles. The van der Waals surface area contributed by atoms with E-state index in [-0.39, 0.29) is 30.2 Å². The third-order valence-corrected chi connectivity index (χ3v) is 6.09. The van der Waals surface area contributed by atoms with Crippen molar-refractivity contribution in [3.05, 3.63) is 47.1 Å². The van der Waals surface area contributed by atoms with E-state index in [1.165, 1.54) is 12.5 Å². The zero-order valence-electron chi connectivity index (χ0n) is 15.9. The van der Waals surface area contributed by atoms with E-state index < -0.39 is 0 Å². The number of nitrogens with one attached hydrogen (secondary N) is 1. The van der Waals surface area contributed by atoms with Gasteiger partial charge in [-0.3, -0.25) is 4.79 Å². The van der Waals surface area contributed by atoms with Gasteiger partial charge in [0.15, 0.2) is 0 Å². The highest BCUT2D eigenvalue weighted by molar-refractivity contribution is 7.15. The van der Waals surface area contributed by atoms with Crippen LogP contribution in [-0.4, -0.2) is 29.9 Å². The van der Waals surface area contributed by atoms with Crippen molar-refractivity contribution < 1.29 is 9.18 Å². The lowest BCUT2D eigenvalue weighted by atomic mass is 10.0. The molecule has 148 valence electrons. The van der Waals surface area contributed by atoms with Crippen LogP contribution >= 0.6 is 23.7 Å². The molecule has 1 aromatic carbocycles. The molecular weight excluding hydrogens is 383 g/mol. The van der Waals surface area contributed by atoms with Crippen molar-refractivity contribution in [2.75, 3.05) is 13.1 Å². The highest BCUT2D eigenvalue weighted by Crippen LogP contribution is 2.30. The molecule has 1 aliphatic rings. The standard InChI is InChI=1S/C21H27FN2OS.ClH/c1-15(2)24(21(25)9-6-16-10-11-23-13-16)14-19-7-8-20(26-19)17-4-3-5-18(22)12-17;/h3-5,7-8,12,15-16,23H,6,9-11,13-14H2,1-2H3;1H. The van der Waals surface area contributed by atoms with E-state index in [0.717, 1.165) is 34.8 Å². The summed E-state index contributed by atoms with van der Waals surface area (Å²) in [4.78, 5) is 16.9. The number of thiophene rings is 1. The van der Waals surface area contributed by atoms with Crippen molar-refractivity contribution in [3.63, 3.8) is 0 Å². The number of nitrogens with zero attached hydrogens (tertiary/aromatic N) is 1. The normalized spacial score (nSPS) is 16.4. The van der Waals surface area contributed by atoms with Crippen LogP contribution in [0.25, 0.3) is 10.4 Å². The molecule has 0 radical (unpaired) electrons. The molecule has 1 fully saturated rings. The van der Waals surface area contributed by atoms with Crippen LogP contribution in [0.2, 0.25) is 0 Å². The van der Waals surface area contributed by atoms with E-state index in [4.69, 9.17) is 0 Å². The van der Waals surface area contributed by atoms with Crippen LogP contribution in [-0.2, 0) is 11.3 Å². The summed E-state index contributed by atoms with van der Waals surface area (Å²) in [6.45, 7) is 6.87. The molecule has 0 spiro atoms. The average Bonchev–Trinajstić information content (AvgIpc) is 3.29. The van der Waals surface area contributed by atoms with Crippen LogP contribution in [0, 0.1) is 11.7 Å².